The summed E-state index contributed by atoms with van der Waals surface area (Å²) >= 11 is 0. The van der Waals surface area contributed by atoms with Gasteiger partial charge in [-0.1, -0.05) is 12.2 Å². The summed E-state index contributed by atoms with van der Waals surface area (Å²) < 4.78 is 4.57. The molecule has 0 saturated heterocycles. The predicted octanol–water partition coefficient (Wildman–Crippen LogP) is 1.64. The van der Waals surface area contributed by atoms with Crippen molar-refractivity contribution in [3.05, 3.63) is 33.0 Å². The lowest BCUT2D eigenvalue weighted by Gasteiger charge is -2.31. The summed E-state index contributed by atoms with van der Waals surface area (Å²) in [5.41, 5.74) is 1.04. The zero-order chi connectivity index (χ0) is 18.5. The highest BCUT2D eigenvalue weighted by Crippen LogP contribution is 2.30. The van der Waals surface area contributed by atoms with Crippen molar-refractivity contribution in [1.29, 1.82) is 0 Å². The van der Waals surface area contributed by atoms with Crippen molar-refractivity contribution >= 4 is 22.8 Å². The molecule has 0 N–H and O–H groups in total. The highest BCUT2D eigenvalue weighted by molar-refractivity contribution is 5.91. The Hall–Kier alpha value is -2.64. The first-order chi connectivity index (χ1) is 11.8. The number of allylic oxidation sites excluding steroid dienone is 2. The lowest BCUT2D eigenvalue weighted by molar-refractivity contribution is 0.596. The van der Waals surface area contributed by atoms with Crippen LogP contribution in [0.5, 0.6) is 0 Å². The van der Waals surface area contributed by atoms with Crippen LogP contribution >= 0.6 is 0 Å². The minimum atomic E-state index is -0.368. The van der Waals surface area contributed by atoms with Gasteiger partial charge in [-0.3, -0.25) is 18.5 Å². The summed E-state index contributed by atoms with van der Waals surface area (Å²) in [4.78, 5) is 30.2. The molecule has 1 unspecified atom stereocenters. The third-order valence-corrected chi connectivity index (χ3v) is 4.63. The van der Waals surface area contributed by atoms with Crippen molar-refractivity contribution < 1.29 is 0 Å². The van der Waals surface area contributed by atoms with Gasteiger partial charge in [0.15, 0.2) is 11.2 Å². The quantitative estimate of drug-likeness (QED) is 0.793. The van der Waals surface area contributed by atoms with Crippen molar-refractivity contribution in [2.45, 2.75) is 53.2 Å². The van der Waals surface area contributed by atoms with Gasteiger partial charge in [0.1, 0.15) is 0 Å². The van der Waals surface area contributed by atoms with E-state index in [9.17, 15) is 9.59 Å². The second-order valence-electron chi connectivity index (χ2n) is 6.64. The van der Waals surface area contributed by atoms with E-state index in [4.69, 9.17) is 0 Å². The summed E-state index contributed by atoms with van der Waals surface area (Å²) in [6.07, 6.45) is 3.61. The van der Waals surface area contributed by atoms with Gasteiger partial charge in [0.05, 0.1) is 17.8 Å². The van der Waals surface area contributed by atoms with Gasteiger partial charge >= 0.3 is 5.69 Å². The van der Waals surface area contributed by atoms with Crippen molar-refractivity contribution in [3.63, 3.8) is 0 Å². The molecule has 3 heterocycles. The molecular weight excluding hydrogens is 320 g/mol. The summed E-state index contributed by atoms with van der Waals surface area (Å²) in [7, 11) is 1.65. The molecule has 0 saturated carbocycles. The molecule has 1 aliphatic rings. The molecule has 8 nitrogen and oxygen atoms in total. The number of imidazole rings is 1. The molecule has 2 aromatic rings. The molecule has 0 amide bonds. The van der Waals surface area contributed by atoms with Crippen molar-refractivity contribution in [3.8, 4) is 0 Å². The van der Waals surface area contributed by atoms with Gasteiger partial charge in [0.25, 0.3) is 5.56 Å². The second-order valence-corrected chi connectivity index (χ2v) is 6.64. The normalized spacial score (nSPS) is 17.6. The molecular formula is C17H24N6O2. The SMILES string of the molecule is CC=CCn1c(=O)c2c(nc3n2C(C)C(C)=NN3C(C)C)n(C)c1=O. The van der Waals surface area contributed by atoms with E-state index in [1.54, 1.807) is 18.1 Å². The molecule has 2 aromatic heterocycles. The maximum absolute atomic E-state index is 13.1. The number of nitrogens with zero attached hydrogens (tertiary/aromatic N) is 6. The molecule has 1 atom stereocenters. The molecule has 134 valence electrons. The third kappa shape index (κ3) is 2.43. The average molecular weight is 344 g/mol. The summed E-state index contributed by atoms with van der Waals surface area (Å²) in [6, 6.07) is -0.0179. The number of rotatable bonds is 3. The molecule has 0 radical (unpaired) electrons. The van der Waals surface area contributed by atoms with Crippen LogP contribution in [0.4, 0.5) is 5.95 Å². The van der Waals surface area contributed by atoms with Crippen molar-refractivity contribution in [2.75, 3.05) is 5.01 Å². The van der Waals surface area contributed by atoms with Gasteiger partial charge in [-0.15, -0.1) is 0 Å². The van der Waals surface area contributed by atoms with E-state index in [1.165, 1.54) is 9.13 Å². The molecule has 1 aliphatic heterocycles. The second kappa shape index (κ2) is 6.02. The molecule has 0 fully saturated rings. The number of aryl methyl sites for hydroxylation is 1. The fraction of sp³-hybridized carbons (Fsp3) is 0.529. The Labute approximate surface area is 145 Å². The van der Waals surface area contributed by atoms with Crippen molar-refractivity contribution in [1.82, 2.24) is 18.7 Å². The van der Waals surface area contributed by atoms with Gasteiger partial charge in [0.2, 0.25) is 5.95 Å². The molecule has 0 aliphatic carbocycles. The number of hydrazone groups is 1. The Morgan fingerprint density at radius 3 is 2.56 bits per heavy atom. The highest BCUT2D eigenvalue weighted by Gasteiger charge is 2.31. The Morgan fingerprint density at radius 1 is 1.28 bits per heavy atom. The molecule has 3 rings (SSSR count). The summed E-state index contributed by atoms with van der Waals surface area (Å²) in [5, 5.41) is 6.41. The molecule has 8 heteroatoms. The van der Waals surface area contributed by atoms with Gasteiger partial charge in [-0.05, 0) is 34.6 Å². The standard InChI is InChI=1S/C17H24N6O2/c1-7-8-9-21-15(24)13-14(20(6)17(21)25)18-16-22(13)12(5)11(4)19-23(16)10(2)3/h7-8,10,12H,9H2,1-6H3. The van der Waals surface area contributed by atoms with Gasteiger partial charge in [0, 0.05) is 13.6 Å². The smallest absolute Gasteiger partial charge is 0.294 e. The lowest BCUT2D eigenvalue weighted by Crippen LogP contribution is -2.40. The van der Waals surface area contributed by atoms with E-state index < -0.39 is 0 Å². The first kappa shape index (κ1) is 17.2. The zero-order valence-electron chi connectivity index (χ0n) is 15.5. The predicted molar refractivity (Wildman–Crippen MR) is 99.5 cm³/mol. The number of aromatic nitrogens is 4. The topological polar surface area (TPSA) is 77.4 Å². The molecule has 0 spiro atoms. The first-order valence-corrected chi connectivity index (χ1v) is 8.46. The average Bonchev–Trinajstić information content (AvgIpc) is 2.97. The van der Waals surface area contributed by atoms with Gasteiger partial charge < -0.3 is 0 Å². The molecule has 0 bridgehead atoms. The zero-order valence-corrected chi connectivity index (χ0v) is 15.5. The molecule has 25 heavy (non-hydrogen) atoms. The third-order valence-electron chi connectivity index (χ3n) is 4.63. The Balaban J connectivity index is 2.43. The van der Waals surface area contributed by atoms with Crippen LogP contribution in [0.15, 0.2) is 26.8 Å². The van der Waals surface area contributed by atoms with E-state index in [0.717, 1.165) is 5.71 Å². The van der Waals surface area contributed by atoms with Gasteiger partial charge in [-0.25, -0.2) is 9.80 Å². The Bertz CT molecular complexity index is 1000. The van der Waals surface area contributed by atoms with Gasteiger partial charge in [-0.2, -0.15) is 10.1 Å². The number of fused-ring (bicyclic) bond motifs is 3. The number of hydrogen-bond acceptors (Lipinski definition) is 5. The van der Waals surface area contributed by atoms with E-state index in [0.29, 0.717) is 17.1 Å². The number of anilines is 1. The lowest BCUT2D eigenvalue weighted by atomic mass is 10.2. The maximum atomic E-state index is 13.1. The van der Waals surface area contributed by atoms with E-state index in [-0.39, 0.29) is 29.9 Å². The van der Waals surface area contributed by atoms with E-state index in [1.807, 2.05) is 45.3 Å². The fourth-order valence-corrected chi connectivity index (χ4v) is 3.06. The maximum Gasteiger partial charge on any atom is 0.332 e. The molecule has 0 aromatic carbocycles. The summed E-state index contributed by atoms with van der Waals surface area (Å²) in [5.74, 6) is 0.596. The number of hydrogen-bond donors (Lipinski definition) is 0. The fourth-order valence-electron chi connectivity index (χ4n) is 3.06. The van der Waals surface area contributed by atoms with Crippen LogP contribution in [0.2, 0.25) is 0 Å². The van der Waals surface area contributed by atoms with Crippen molar-refractivity contribution in [2.24, 2.45) is 12.1 Å². The summed E-state index contributed by atoms with van der Waals surface area (Å²) in [6.45, 7) is 10.1. The van der Waals surface area contributed by atoms with E-state index in [2.05, 4.69) is 10.1 Å². The van der Waals surface area contributed by atoms with Crippen LogP contribution in [-0.2, 0) is 13.6 Å². The largest absolute Gasteiger partial charge is 0.332 e. The van der Waals surface area contributed by atoms with E-state index >= 15 is 0 Å². The Kier molecular flexibility index (Phi) is 4.14. The highest BCUT2D eigenvalue weighted by atomic mass is 16.2. The van der Waals surface area contributed by atoms with Crippen LogP contribution in [-0.4, -0.2) is 30.4 Å². The van der Waals surface area contributed by atoms with Crippen LogP contribution < -0.4 is 16.3 Å². The minimum Gasteiger partial charge on any atom is -0.294 e. The van der Waals surface area contributed by atoms with Crippen LogP contribution in [0.3, 0.4) is 0 Å². The van der Waals surface area contributed by atoms with Crippen LogP contribution in [0, 0.1) is 0 Å². The minimum absolute atomic E-state index is 0.0836. The first-order valence-electron chi connectivity index (χ1n) is 8.46. The van der Waals surface area contributed by atoms with Crippen LogP contribution in [0.25, 0.3) is 11.2 Å². The monoisotopic (exact) mass is 344 g/mol. The Morgan fingerprint density at radius 2 is 1.96 bits per heavy atom. The van der Waals surface area contributed by atoms with Crippen LogP contribution in [0.1, 0.15) is 40.7 Å².